The van der Waals surface area contributed by atoms with Crippen molar-refractivity contribution in [2.24, 2.45) is 0 Å². The number of carbonyl (C=O) groups is 2. The Balaban J connectivity index is 1.68. The number of carboxylic acids is 1. The topological polar surface area (TPSA) is 102 Å². The third-order valence-corrected chi connectivity index (χ3v) is 6.51. The smallest absolute Gasteiger partial charge is 0.335 e. The molecule has 1 aromatic heterocycles. The second-order valence-electron chi connectivity index (χ2n) is 9.37. The van der Waals surface area contributed by atoms with Crippen molar-refractivity contribution in [2.75, 3.05) is 7.11 Å². The Bertz CT molecular complexity index is 1510. The lowest BCUT2D eigenvalue weighted by Gasteiger charge is -2.20. The Morgan fingerprint density at radius 1 is 1.00 bits per heavy atom. The van der Waals surface area contributed by atoms with E-state index in [1.54, 1.807) is 37.4 Å². The van der Waals surface area contributed by atoms with Gasteiger partial charge in [-0.15, -0.1) is 0 Å². The number of aliphatic carboxylic acids is 1. The van der Waals surface area contributed by atoms with Crippen LogP contribution < -0.4 is 4.74 Å². The predicted molar refractivity (Wildman–Crippen MR) is 140 cm³/mol. The van der Waals surface area contributed by atoms with Crippen LogP contribution in [0.4, 0.5) is 0 Å². The number of fused-ring (bicyclic) bond motifs is 1. The summed E-state index contributed by atoms with van der Waals surface area (Å²) in [5.41, 5.74) is 3.87. The van der Waals surface area contributed by atoms with Crippen molar-refractivity contribution >= 4 is 22.7 Å². The highest BCUT2D eigenvalue weighted by molar-refractivity contribution is 6.17. The van der Waals surface area contributed by atoms with Crippen LogP contribution in [0.25, 0.3) is 10.9 Å². The molecule has 0 spiro atoms. The highest BCUT2D eigenvalue weighted by atomic mass is 16.5. The molecule has 0 atom stereocenters. The number of rotatable bonds is 9. The molecule has 0 saturated heterocycles. The standard InChI is InChI=1S/C30H28N2O5/c1-19-27(28(33)23-10-12-24(36-4)13-11-23)25-14-9-22(16-31)15-26(25)32(19)17-20-5-7-21(8-6-20)18-37-30(2,3)29(34)35/h5-15H,17-18H2,1-4H3,(H,34,35). The minimum atomic E-state index is -1.27. The molecule has 0 aliphatic rings. The van der Waals surface area contributed by atoms with E-state index in [0.717, 1.165) is 27.7 Å². The van der Waals surface area contributed by atoms with Gasteiger partial charge in [0, 0.05) is 23.2 Å². The van der Waals surface area contributed by atoms with Crippen LogP contribution in [0.15, 0.2) is 66.7 Å². The van der Waals surface area contributed by atoms with Crippen LogP contribution in [0.1, 0.15) is 52.2 Å². The van der Waals surface area contributed by atoms with Crippen molar-refractivity contribution in [1.82, 2.24) is 4.57 Å². The van der Waals surface area contributed by atoms with Crippen LogP contribution in [0.2, 0.25) is 0 Å². The average Bonchev–Trinajstić information content (AvgIpc) is 3.17. The lowest BCUT2D eigenvalue weighted by atomic mass is 10.00. The molecule has 7 nitrogen and oxygen atoms in total. The Morgan fingerprint density at radius 3 is 2.24 bits per heavy atom. The van der Waals surface area contributed by atoms with Gasteiger partial charge in [0.25, 0.3) is 0 Å². The van der Waals surface area contributed by atoms with Gasteiger partial charge in [0.2, 0.25) is 0 Å². The van der Waals surface area contributed by atoms with Gasteiger partial charge in [-0.1, -0.05) is 30.3 Å². The Morgan fingerprint density at radius 2 is 1.65 bits per heavy atom. The van der Waals surface area contributed by atoms with Crippen LogP contribution in [-0.2, 0) is 22.7 Å². The largest absolute Gasteiger partial charge is 0.497 e. The molecule has 0 aliphatic carbocycles. The second-order valence-corrected chi connectivity index (χ2v) is 9.37. The number of ether oxygens (including phenoxy) is 2. The molecular formula is C30H28N2O5. The summed E-state index contributed by atoms with van der Waals surface area (Å²) in [7, 11) is 1.58. The monoisotopic (exact) mass is 496 g/mol. The molecule has 0 unspecified atom stereocenters. The maximum atomic E-state index is 13.6. The fourth-order valence-corrected chi connectivity index (χ4v) is 4.17. The first kappa shape index (κ1) is 25.7. The van der Waals surface area contributed by atoms with Crippen molar-refractivity contribution in [2.45, 2.75) is 39.5 Å². The van der Waals surface area contributed by atoms with E-state index in [1.807, 2.05) is 47.9 Å². The number of benzene rings is 3. The van der Waals surface area contributed by atoms with Gasteiger partial charge in [0.15, 0.2) is 11.4 Å². The molecule has 188 valence electrons. The maximum absolute atomic E-state index is 13.6. The Labute approximate surface area is 215 Å². The summed E-state index contributed by atoms with van der Waals surface area (Å²) in [4.78, 5) is 24.8. The molecule has 4 aromatic rings. The quantitative estimate of drug-likeness (QED) is 0.308. The van der Waals surface area contributed by atoms with Gasteiger partial charge in [-0.05, 0) is 68.3 Å². The summed E-state index contributed by atoms with van der Waals surface area (Å²) < 4.78 is 12.8. The summed E-state index contributed by atoms with van der Waals surface area (Å²) in [6.45, 7) is 5.62. The Hall–Kier alpha value is -4.41. The molecule has 1 N–H and O–H groups in total. The van der Waals surface area contributed by atoms with E-state index < -0.39 is 11.6 Å². The molecule has 7 heteroatoms. The van der Waals surface area contributed by atoms with Crippen molar-refractivity contribution < 1.29 is 24.2 Å². The SMILES string of the molecule is COc1ccc(C(=O)c2c(C)n(Cc3ccc(COC(C)(C)C(=O)O)cc3)c3cc(C#N)ccc23)cc1. The zero-order chi connectivity index (χ0) is 26.7. The highest BCUT2D eigenvalue weighted by Gasteiger charge is 2.28. The normalized spacial score (nSPS) is 11.3. The van der Waals surface area contributed by atoms with E-state index >= 15 is 0 Å². The van der Waals surface area contributed by atoms with Crippen LogP contribution in [-0.4, -0.2) is 34.1 Å². The molecule has 0 aliphatic heterocycles. The lowest BCUT2D eigenvalue weighted by molar-refractivity contribution is -0.162. The molecule has 3 aromatic carbocycles. The lowest BCUT2D eigenvalue weighted by Crippen LogP contribution is -2.34. The third kappa shape index (κ3) is 5.25. The molecule has 0 saturated carbocycles. The third-order valence-electron chi connectivity index (χ3n) is 6.51. The first-order valence-electron chi connectivity index (χ1n) is 11.8. The van der Waals surface area contributed by atoms with Crippen LogP contribution in [0.3, 0.4) is 0 Å². The maximum Gasteiger partial charge on any atom is 0.335 e. The number of nitriles is 1. The average molecular weight is 497 g/mol. The molecule has 4 rings (SSSR count). The first-order chi connectivity index (χ1) is 17.6. The van der Waals surface area contributed by atoms with Gasteiger partial charge in [0.1, 0.15) is 5.75 Å². The van der Waals surface area contributed by atoms with Crippen molar-refractivity contribution in [3.05, 3.63) is 100 Å². The van der Waals surface area contributed by atoms with Gasteiger partial charge in [-0.2, -0.15) is 5.26 Å². The molecule has 0 radical (unpaired) electrons. The molecular weight excluding hydrogens is 468 g/mol. The minimum absolute atomic E-state index is 0.0952. The first-order valence-corrected chi connectivity index (χ1v) is 11.8. The number of ketones is 1. The van der Waals surface area contributed by atoms with Gasteiger partial charge in [0.05, 0.1) is 36.4 Å². The molecule has 37 heavy (non-hydrogen) atoms. The van der Waals surface area contributed by atoms with Gasteiger partial charge in [-0.25, -0.2) is 4.79 Å². The van der Waals surface area contributed by atoms with Gasteiger partial charge < -0.3 is 19.1 Å². The van der Waals surface area contributed by atoms with Crippen LogP contribution in [0, 0.1) is 18.3 Å². The zero-order valence-corrected chi connectivity index (χ0v) is 21.2. The zero-order valence-electron chi connectivity index (χ0n) is 21.2. The highest BCUT2D eigenvalue weighted by Crippen LogP contribution is 2.30. The number of nitrogens with zero attached hydrogens (tertiary/aromatic N) is 2. The fraction of sp³-hybridized carbons (Fsp3) is 0.233. The Kier molecular flexibility index (Phi) is 7.14. The molecule has 0 amide bonds. The van der Waals surface area contributed by atoms with E-state index in [4.69, 9.17) is 9.47 Å². The van der Waals surface area contributed by atoms with E-state index in [2.05, 4.69) is 6.07 Å². The number of hydrogen-bond acceptors (Lipinski definition) is 5. The van der Waals surface area contributed by atoms with Crippen molar-refractivity contribution in [3.63, 3.8) is 0 Å². The summed E-state index contributed by atoms with van der Waals surface area (Å²) in [5.74, 6) is -0.437. The molecule has 0 fully saturated rings. The van der Waals surface area contributed by atoms with Gasteiger partial charge >= 0.3 is 5.97 Å². The number of carboxylic acid groups (broad SMARTS) is 1. The van der Waals surface area contributed by atoms with E-state index in [0.29, 0.717) is 29.0 Å². The number of aromatic nitrogens is 1. The molecule has 0 bridgehead atoms. The van der Waals surface area contributed by atoms with E-state index in [1.165, 1.54) is 13.8 Å². The summed E-state index contributed by atoms with van der Waals surface area (Å²) >= 11 is 0. The minimum Gasteiger partial charge on any atom is -0.497 e. The number of methoxy groups -OCH3 is 1. The fourth-order valence-electron chi connectivity index (χ4n) is 4.17. The van der Waals surface area contributed by atoms with Crippen LogP contribution >= 0.6 is 0 Å². The predicted octanol–water partition coefficient (Wildman–Crippen LogP) is 5.49. The van der Waals surface area contributed by atoms with Gasteiger partial charge in [-0.3, -0.25) is 4.79 Å². The van der Waals surface area contributed by atoms with Crippen LogP contribution in [0.5, 0.6) is 5.75 Å². The van der Waals surface area contributed by atoms with Crippen molar-refractivity contribution in [3.8, 4) is 11.8 Å². The summed E-state index contributed by atoms with van der Waals surface area (Å²) in [6, 6.07) is 22.3. The molecule has 1 heterocycles. The summed E-state index contributed by atoms with van der Waals surface area (Å²) in [5, 5.41) is 19.5. The summed E-state index contributed by atoms with van der Waals surface area (Å²) in [6.07, 6.45) is 0. The second kappa shape index (κ2) is 10.3. The van der Waals surface area contributed by atoms with E-state index in [-0.39, 0.29) is 12.4 Å². The number of carbonyl (C=O) groups excluding carboxylic acids is 1. The van der Waals surface area contributed by atoms with Crippen molar-refractivity contribution in [1.29, 1.82) is 5.26 Å². The number of hydrogen-bond donors (Lipinski definition) is 1. The van der Waals surface area contributed by atoms with E-state index in [9.17, 15) is 20.0 Å².